The minimum absolute atomic E-state index is 0.383. The second-order valence-electron chi connectivity index (χ2n) is 5.11. The predicted octanol–water partition coefficient (Wildman–Crippen LogP) is 1.31. The summed E-state index contributed by atoms with van der Waals surface area (Å²) < 4.78 is 30.5. The highest BCUT2D eigenvalue weighted by Gasteiger charge is 2.25. The average molecular weight is 338 g/mol. The fraction of sp³-hybridized carbons (Fsp3) is 0.312. The van der Waals surface area contributed by atoms with Gasteiger partial charge in [0.25, 0.3) is 5.56 Å². The van der Waals surface area contributed by atoms with Crippen LogP contribution in [0.5, 0.6) is 0 Å². The molecule has 8 heteroatoms. The van der Waals surface area contributed by atoms with Crippen molar-refractivity contribution in [3.8, 4) is 0 Å². The summed E-state index contributed by atoms with van der Waals surface area (Å²) in [7, 11) is 1.04. The SMILES string of the molecule is COC(=O)C(CC(F)F)NC(=O)Cn1ccc2ccccc2c1=O. The quantitative estimate of drug-likeness (QED) is 0.806. The molecule has 0 aliphatic carbocycles. The molecule has 2 aromatic rings. The summed E-state index contributed by atoms with van der Waals surface area (Å²) >= 11 is 0. The van der Waals surface area contributed by atoms with Crippen molar-refractivity contribution < 1.29 is 23.1 Å². The van der Waals surface area contributed by atoms with Crippen LogP contribution in [0.1, 0.15) is 6.42 Å². The molecule has 0 saturated carbocycles. The lowest BCUT2D eigenvalue weighted by molar-refractivity contribution is -0.146. The summed E-state index contributed by atoms with van der Waals surface area (Å²) in [4.78, 5) is 35.7. The van der Waals surface area contributed by atoms with Crippen molar-refractivity contribution in [2.45, 2.75) is 25.4 Å². The van der Waals surface area contributed by atoms with E-state index in [4.69, 9.17) is 0 Å². The second-order valence-corrected chi connectivity index (χ2v) is 5.11. The van der Waals surface area contributed by atoms with E-state index in [9.17, 15) is 23.2 Å². The molecule has 0 bridgehead atoms. The number of aromatic nitrogens is 1. The van der Waals surface area contributed by atoms with Gasteiger partial charge in [-0.05, 0) is 17.5 Å². The average Bonchev–Trinajstić information content (AvgIpc) is 2.56. The molecule has 0 aliphatic heterocycles. The molecule has 1 aromatic heterocycles. The number of amides is 1. The van der Waals surface area contributed by atoms with Gasteiger partial charge in [-0.25, -0.2) is 13.6 Å². The van der Waals surface area contributed by atoms with Crippen molar-refractivity contribution in [3.05, 3.63) is 46.9 Å². The Morgan fingerprint density at radius 3 is 2.62 bits per heavy atom. The van der Waals surface area contributed by atoms with Crippen LogP contribution in [0.3, 0.4) is 0 Å². The second kappa shape index (κ2) is 7.67. The normalized spacial score (nSPS) is 12.2. The third-order valence-corrected chi connectivity index (χ3v) is 3.43. The lowest BCUT2D eigenvalue weighted by Gasteiger charge is -2.16. The van der Waals surface area contributed by atoms with Crippen LogP contribution in [-0.4, -0.2) is 36.0 Å². The largest absolute Gasteiger partial charge is 0.467 e. The van der Waals surface area contributed by atoms with E-state index in [-0.39, 0.29) is 12.1 Å². The smallest absolute Gasteiger partial charge is 0.328 e. The van der Waals surface area contributed by atoms with E-state index in [1.807, 2.05) is 0 Å². The van der Waals surface area contributed by atoms with Crippen LogP contribution < -0.4 is 10.9 Å². The van der Waals surface area contributed by atoms with Gasteiger partial charge in [0, 0.05) is 18.0 Å². The molecular weight excluding hydrogens is 322 g/mol. The van der Waals surface area contributed by atoms with Crippen LogP contribution in [0.2, 0.25) is 0 Å². The summed E-state index contributed by atoms with van der Waals surface area (Å²) in [5, 5.41) is 3.33. The number of methoxy groups -OCH3 is 1. The van der Waals surface area contributed by atoms with Crippen molar-refractivity contribution in [3.63, 3.8) is 0 Å². The number of esters is 1. The molecule has 1 amide bonds. The first kappa shape index (κ1) is 17.6. The third-order valence-electron chi connectivity index (χ3n) is 3.43. The first-order chi connectivity index (χ1) is 11.4. The monoisotopic (exact) mass is 338 g/mol. The fourth-order valence-corrected chi connectivity index (χ4v) is 2.28. The number of fused-ring (bicyclic) bond motifs is 1. The Bertz CT molecular complexity index is 804. The molecule has 1 aromatic carbocycles. The number of ether oxygens (including phenoxy) is 1. The van der Waals surface area contributed by atoms with Crippen molar-refractivity contribution >= 4 is 22.6 Å². The summed E-state index contributed by atoms with van der Waals surface area (Å²) in [5.74, 6) is -1.70. The van der Waals surface area contributed by atoms with Gasteiger partial charge in [0.2, 0.25) is 12.3 Å². The highest BCUT2D eigenvalue weighted by molar-refractivity contribution is 5.85. The molecule has 1 N–H and O–H groups in total. The summed E-state index contributed by atoms with van der Waals surface area (Å²) in [6, 6.07) is 7.07. The van der Waals surface area contributed by atoms with E-state index >= 15 is 0 Å². The number of alkyl halides is 2. The first-order valence-electron chi connectivity index (χ1n) is 7.16. The number of pyridine rings is 1. The topological polar surface area (TPSA) is 77.4 Å². The summed E-state index contributed by atoms with van der Waals surface area (Å²) in [5.41, 5.74) is -0.383. The Morgan fingerprint density at radius 1 is 1.25 bits per heavy atom. The van der Waals surface area contributed by atoms with Crippen molar-refractivity contribution in [1.82, 2.24) is 9.88 Å². The molecule has 6 nitrogen and oxygen atoms in total. The van der Waals surface area contributed by atoms with E-state index in [0.29, 0.717) is 5.39 Å². The number of halogens is 2. The maximum Gasteiger partial charge on any atom is 0.328 e. The molecule has 1 atom stereocenters. The minimum atomic E-state index is -2.78. The maximum absolute atomic E-state index is 12.5. The van der Waals surface area contributed by atoms with Gasteiger partial charge in [-0.15, -0.1) is 0 Å². The number of nitrogens with zero attached hydrogens (tertiary/aromatic N) is 1. The highest BCUT2D eigenvalue weighted by atomic mass is 19.3. The molecule has 2 rings (SSSR count). The van der Waals surface area contributed by atoms with Crippen LogP contribution in [0.15, 0.2) is 41.3 Å². The van der Waals surface area contributed by atoms with Crippen LogP contribution in [0.4, 0.5) is 8.78 Å². The zero-order chi connectivity index (χ0) is 17.7. The number of benzene rings is 1. The fourth-order valence-electron chi connectivity index (χ4n) is 2.28. The van der Waals surface area contributed by atoms with Crippen molar-refractivity contribution in [2.75, 3.05) is 7.11 Å². The Labute approximate surface area is 136 Å². The number of hydrogen-bond acceptors (Lipinski definition) is 4. The van der Waals surface area contributed by atoms with Crippen molar-refractivity contribution in [2.24, 2.45) is 0 Å². The van der Waals surface area contributed by atoms with Crippen molar-refractivity contribution in [1.29, 1.82) is 0 Å². The molecule has 24 heavy (non-hydrogen) atoms. The highest BCUT2D eigenvalue weighted by Crippen LogP contribution is 2.08. The Hall–Kier alpha value is -2.77. The van der Waals surface area contributed by atoms with Gasteiger partial charge >= 0.3 is 5.97 Å². The Balaban J connectivity index is 2.15. The molecule has 128 valence electrons. The van der Waals surface area contributed by atoms with E-state index < -0.39 is 30.8 Å². The number of carbonyl (C=O) groups is 2. The zero-order valence-corrected chi connectivity index (χ0v) is 12.9. The molecule has 1 unspecified atom stereocenters. The van der Waals surface area contributed by atoms with Gasteiger partial charge < -0.3 is 14.6 Å². The van der Waals surface area contributed by atoms with Gasteiger partial charge in [-0.3, -0.25) is 9.59 Å². The lowest BCUT2D eigenvalue weighted by atomic mass is 10.2. The van der Waals surface area contributed by atoms with Gasteiger partial charge in [-0.2, -0.15) is 0 Å². The van der Waals surface area contributed by atoms with Crippen LogP contribution in [0, 0.1) is 0 Å². The lowest BCUT2D eigenvalue weighted by Crippen LogP contribution is -2.44. The van der Waals surface area contributed by atoms with Gasteiger partial charge in [0.15, 0.2) is 0 Å². The van der Waals surface area contributed by atoms with Gasteiger partial charge in [0.05, 0.1) is 7.11 Å². The molecule has 0 radical (unpaired) electrons. The zero-order valence-electron chi connectivity index (χ0n) is 12.9. The molecular formula is C16H16F2N2O4. The molecule has 0 aliphatic rings. The molecule has 0 saturated heterocycles. The number of hydrogen-bond donors (Lipinski definition) is 1. The Kier molecular flexibility index (Phi) is 5.62. The molecule has 0 spiro atoms. The number of rotatable bonds is 6. The van der Waals surface area contributed by atoms with E-state index in [1.165, 1.54) is 6.20 Å². The number of nitrogens with one attached hydrogen (secondary N) is 1. The van der Waals surface area contributed by atoms with Crippen LogP contribution in [0.25, 0.3) is 10.8 Å². The first-order valence-corrected chi connectivity index (χ1v) is 7.16. The number of carbonyl (C=O) groups excluding carboxylic acids is 2. The molecule has 1 heterocycles. The molecule has 0 fully saturated rings. The summed E-state index contributed by atoms with van der Waals surface area (Å²) in [6.07, 6.45) is -2.20. The third kappa shape index (κ3) is 4.15. The van der Waals surface area contributed by atoms with Gasteiger partial charge in [-0.1, -0.05) is 18.2 Å². The van der Waals surface area contributed by atoms with E-state index in [1.54, 1.807) is 30.3 Å². The predicted molar refractivity (Wildman–Crippen MR) is 82.8 cm³/mol. The van der Waals surface area contributed by atoms with Gasteiger partial charge in [0.1, 0.15) is 12.6 Å². The van der Waals surface area contributed by atoms with E-state index in [0.717, 1.165) is 17.1 Å². The Morgan fingerprint density at radius 2 is 1.96 bits per heavy atom. The standard InChI is InChI=1S/C16H16F2N2O4/c1-24-16(23)12(8-13(17)18)19-14(21)9-20-7-6-10-4-2-3-5-11(10)15(20)22/h2-7,12-13H,8-9H2,1H3,(H,19,21). The summed E-state index contributed by atoms with van der Waals surface area (Å²) in [6.45, 7) is -0.388. The van der Waals surface area contributed by atoms with E-state index in [2.05, 4.69) is 10.1 Å². The minimum Gasteiger partial charge on any atom is -0.467 e. The van der Waals surface area contributed by atoms with Crippen LogP contribution in [-0.2, 0) is 20.9 Å². The van der Waals surface area contributed by atoms with Crippen LogP contribution >= 0.6 is 0 Å². The maximum atomic E-state index is 12.5.